The smallest absolute Gasteiger partial charge is 0.407 e. The molecule has 1 amide bonds. The zero-order valence-electron chi connectivity index (χ0n) is 14.8. The number of piperidine rings is 1. The normalized spacial score (nSPS) is 18.1. The SMILES string of the molecule is CC(C)N1CCC(NC/C=C/CNC(=O)OC(C)(C)C)CC1. The Balaban J connectivity index is 2.06. The van der Waals surface area contributed by atoms with E-state index in [1.807, 2.05) is 26.8 Å². The number of rotatable bonds is 6. The van der Waals surface area contributed by atoms with E-state index in [1.54, 1.807) is 0 Å². The lowest BCUT2D eigenvalue weighted by Gasteiger charge is -2.34. The Kier molecular flexibility index (Phi) is 7.90. The molecular weight excluding hydrogens is 278 g/mol. The summed E-state index contributed by atoms with van der Waals surface area (Å²) >= 11 is 0. The molecular formula is C17H33N3O2. The van der Waals surface area contributed by atoms with Gasteiger partial charge in [-0.05, 0) is 60.5 Å². The Morgan fingerprint density at radius 1 is 1.23 bits per heavy atom. The molecule has 0 radical (unpaired) electrons. The molecule has 0 bridgehead atoms. The number of alkyl carbamates (subject to hydrolysis) is 1. The molecule has 0 aromatic carbocycles. The number of likely N-dealkylation sites (tertiary alicyclic amines) is 1. The number of hydrogen-bond donors (Lipinski definition) is 2. The lowest BCUT2D eigenvalue weighted by atomic mass is 10.0. The third-order valence-electron chi connectivity index (χ3n) is 3.71. The van der Waals surface area contributed by atoms with Gasteiger partial charge in [0, 0.05) is 25.2 Å². The van der Waals surface area contributed by atoms with Gasteiger partial charge >= 0.3 is 6.09 Å². The third kappa shape index (κ3) is 8.39. The maximum Gasteiger partial charge on any atom is 0.407 e. The molecule has 1 fully saturated rings. The van der Waals surface area contributed by atoms with Gasteiger partial charge < -0.3 is 20.3 Å². The predicted octanol–water partition coefficient (Wildman–Crippen LogP) is 2.53. The summed E-state index contributed by atoms with van der Waals surface area (Å²) in [5.74, 6) is 0. The summed E-state index contributed by atoms with van der Waals surface area (Å²) in [5.41, 5.74) is -0.444. The van der Waals surface area contributed by atoms with Crippen molar-refractivity contribution in [3.05, 3.63) is 12.2 Å². The summed E-state index contributed by atoms with van der Waals surface area (Å²) in [6.07, 6.45) is 6.07. The van der Waals surface area contributed by atoms with Crippen LogP contribution in [0, 0.1) is 0 Å². The quantitative estimate of drug-likeness (QED) is 0.740. The lowest BCUT2D eigenvalue weighted by molar-refractivity contribution is 0.0534. The van der Waals surface area contributed by atoms with E-state index >= 15 is 0 Å². The molecule has 5 heteroatoms. The Hall–Kier alpha value is -1.07. The molecule has 22 heavy (non-hydrogen) atoms. The van der Waals surface area contributed by atoms with Crippen LogP contribution in [0.1, 0.15) is 47.5 Å². The van der Waals surface area contributed by atoms with E-state index in [-0.39, 0.29) is 6.09 Å². The van der Waals surface area contributed by atoms with E-state index in [1.165, 1.54) is 25.9 Å². The van der Waals surface area contributed by atoms with Gasteiger partial charge in [-0.25, -0.2) is 4.79 Å². The van der Waals surface area contributed by atoms with Crippen LogP contribution < -0.4 is 10.6 Å². The third-order valence-corrected chi connectivity index (χ3v) is 3.71. The van der Waals surface area contributed by atoms with Crippen LogP contribution in [0.15, 0.2) is 12.2 Å². The number of carbonyl (C=O) groups is 1. The van der Waals surface area contributed by atoms with Crippen LogP contribution in [-0.4, -0.2) is 54.9 Å². The van der Waals surface area contributed by atoms with Crippen LogP contribution in [0.4, 0.5) is 4.79 Å². The highest BCUT2D eigenvalue weighted by atomic mass is 16.6. The second-order valence-electron chi connectivity index (χ2n) is 7.17. The van der Waals surface area contributed by atoms with Crippen LogP contribution >= 0.6 is 0 Å². The molecule has 1 rings (SSSR count). The average Bonchev–Trinajstić information content (AvgIpc) is 2.41. The maximum atomic E-state index is 11.4. The van der Waals surface area contributed by atoms with Crippen LogP contribution in [0.2, 0.25) is 0 Å². The van der Waals surface area contributed by atoms with E-state index in [0.29, 0.717) is 18.6 Å². The molecule has 0 atom stereocenters. The number of hydrogen-bond acceptors (Lipinski definition) is 4. The Morgan fingerprint density at radius 2 is 1.82 bits per heavy atom. The molecule has 0 aromatic rings. The Labute approximate surface area is 135 Å². The highest BCUT2D eigenvalue weighted by molar-refractivity contribution is 5.67. The monoisotopic (exact) mass is 311 g/mol. The molecule has 2 N–H and O–H groups in total. The minimum atomic E-state index is -0.444. The van der Waals surface area contributed by atoms with Crippen molar-refractivity contribution in [1.82, 2.24) is 15.5 Å². The predicted molar refractivity (Wildman–Crippen MR) is 91.1 cm³/mol. The van der Waals surface area contributed by atoms with Crippen LogP contribution in [-0.2, 0) is 4.74 Å². The van der Waals surface area contributed by atoms with E-state index in [2.05, 4.69) is 35.5 Å². The molecule has 0 unspecified atom stereocenters. The highest BCUT2D eigenvalue weighted by Crippen LogP contribution is 2.12. The van der Waals surface area contributed by atoms with Gasteiger partial charge in [0.05, 0.1) is 0 Å². The van der Waals surface area contributed by atoms with Gasteiger partial charge in [-0.2, -0.15) is 0 Å². The summed E-state index contributed by atoms with van der Waals surface area (Å²) in [7, 11) is 0. The van der Waals surface area contributed by atoms with E-state index in [9.17, 15) is 4.79 Å². The average molecular weight is 311 g/mol. The molecule has 1 aliphatic rings. The first-order valence-corrected chi connectivity index (χ1v) is 8.37. The summed E-state index contributed by atoms with van der Waals surface area (Å²) < 4.78 is 5.16. The van der Waals surface area contributed by atoms with Gasteiger partial charge in [-0.3, -0.25) is 0 Å². The topological polar surface area (TPSA) is 53.6 Å². The molecule has 5 nitrogen and oxygen atoms in total. The maximum absolute atomic E-state index is 11.4. The van der Waals surface area contributed by atoms with Crippen molar-refractivity contribution in [2.45, 2.75) is 65.1 Å². The fourth-order valence-electron chi connectivity index (χ4n) is 2.48. The number of amides is 1. The van der Waals surface area contributed by atoms with Crippen molar-refractivity contribution in [3.8, 4) is 0 Å². The molecule has 0 spiro atoms. The van der Waals surface area contributed by atoms with Gasteiger partial charge in [0.2, 0.25) is 0 Å². The zero-order valence-corrected chi connectivity index (χ0v) is 14.8. The summed E-state index contributed by atoms with van der Waals surface area (Å²) in [4.78, 5) is 14.0. The number of carbonyl (C=O) groups excluding carboxylic acids is 1. The van der Waals surface area contributed by atoms with Gasteiger partial charge in [-0.15, -0.1) is 0 Å². The molecule has 1 saturated heterocycles. The molecule has 0 aliphatic carbocycles. The van der Waals surface area contributed by atoms with Gasteiger partial charge in [0.25, 0.3) is 0 Å². The summed E-state index contributed by atoms with van der Waals surface area (Å²) in [6, 6.07) is 1.26. The molecule has 1 heterocycles. The standard InChI is InChI=1S/C17H33N3O2/c1-14(2)20-12-8-15(9-13-20)18-10-6-7-11-19-16(21)22-17(3,4)5/h6-7,14-15,18H,8-13H2,1-5H3,(H,19,21)/b7-6+. The minimum Gasteiger partial charge on any atom is -0.444 e. The van der Waals surface area contributed by atoms with E-state index in [4.69, 9.17) is 4.74 Å². The van der Waals surface area contributed by atoms with Gasteiger partial charge in [0.1, 0.15) is 5.60 Å². The Bertz CT molecular complexity index is 353. The first kappa shape index (κ1) is 19.0. The van der Waals surface area contributed by atoms with Gasteiger partial charge in [0.15, 0.2) is 0 Å². The summed E-state index contributed by atoms with van der Waals surface area (Å²) in [5, 5.41) is 6.26. The molecule has 0 saturated carbocycles. The van der Waals surface area contributed by atoms with E-state index in [0.717, 1.165) is 6.54 Å². The van der Waals surface area contributed by atoms with Crippen molar-refractivity contribution in [1.29, 1.82) is 0 Å². The molecule has 128 valence electrons. The lowest BCUT2D eigenvalue weighted by Crippen LogP contribution is -2.45. The fourth-order valence-corrected chi connectivity index (χ4v) is 2.48. The molecule has 0 aromatic heterocycles. The fraction of sp³-hybridized carbons (Fsp3) is 0.824. The van der Waals surface area contributed by atoms with E-state index < -0.39 is 5.60 Å². The van der Waals surface area contributed by atoms with Crippen molar-refractivity contribution in [2.75, 3.05) is 26.2 Å². The zero-order chi connectivity index (χ0) is 16.6. The second kappa shape index (κ2) is 9.16. The van der Waals surface area contributed by atoms with Crippen LogP contribution in [0.25, 0.3) is 0 Å². The van der Waals surface area contributed by atoms with Crippen molar-refractivity contribution in [2.24, 2.45) is 0 Å². The number of nitrogens with zero attached hydrogens (tertiary/aromatic N) is 1. The van der Waals surface area contributed by atoms with Crippen LogP contribution in [0.5, 0.6) is 0 Å². The largest absolute Gasteiger partial charge is 0.444 e. The van der Waals surface area contributed by atoms with Crippen molar-refractivity contribution >= 4 is 6.09 Å². The van der Waals surface area contributed by atoms with Crippen molar-refractivity contribution < 1.29 is 9.53 Å². The van der Waals surface area contributed by atoms with Gasteiger partial charge in [-0.1, -0.05) is 12.2 Å². The summed E-state index contributed by atoms with van der Waals surface area (Å²) in [6.45, 7) is 13.8. The van der Waals surface area contributed by atoms with Crippen LogP contribution in [0.3, 0.4) is 0 Å². The highest BCUT2D eigenvalue weighted by Gasteiger charge is 2.19. The first-order valence-electron chi connectivity index (χ1n) is 8.37. The number of nitrogens with one attached hydrogen (secondary N) is 2. The molecule has 1 aliphatic heterocycles. The number of ether oxygens (including phenoxy) is 1. The first-order chi connectivity index (χ1) is 10.3. The minimum absolute atomic E-state index is 0.369. The Morgan fingerprint density at radius 3 is 2.36 bits per heavy atom. The van der Waals surface area contributed by atoms with Crippen molar-refractivity contribution in [3.63, 3.8) is 0 Å². The second-order valence-corrected chi connectivity index (χ2v) is 7.17.